The molecule has 3 rings (SSSR count). The molecule has 0 bridgehead atoms. The molecule has 0 unspecified atom stereocenters. The van der Waals surface area contributed by atoms with Gasteiger partial charge < -0.3 is 14.4 Å². The van der Waals surface area contributed by atoms with E-state index in [2.05, 4.69) is 4.98 Å². The van der Waals surface area contributed by atoms with Gasteiger partial charge in [0.15, 0.2) is 0 Å². The predicted octanol–water partition coefficient (Wildman–Crippen LogP) is 1.58. The van der Waals surface area contributed by atoms with Crippen molar-refractivity contribution < 1.29 is 18.7 Å². The third-order valence-corrected chi connectivity index (χ3v) is 4.52. The molecule has 1 spiro atoms. The van der Waals surface area contributed by atoms with Crippen LogP contribution >= 0.6 is 0 Å². The van der Waals surface area contributed by atoms with Crippen molar-refractivity contribution in [2.45, 2.75) is 25.0 Å². The Bertz CT molecular complexity index is 505. The first-order valence-corrected chi connectivity index (χ1v) is 7.68. The summed E-state index contributed by atoms with van der Waals surface area (Å²) in [5.41, 5.74) is 0.820. The Hall–Kier alpha value is -1.53. The Kier molecular flexibility index (Phi) is 4.69. The van der Waals surface area contributed by atoms with Gasteiger partial charge in [-0.2, -0.15) is 0 Å². The Morgan fingerprint density at radius 3 is 2.95 bits per heavy atom. The normalized spacial score (nSPS) is 22.8. The van der Waals surface area contributed by atoms with E-state index in [1.807, 2.05) is 12.1 Å². The molecule has 2 aliphatic rings. The highest BCUT2D eigenvalue weighted by Crippen LogP contribution is 2.40. The van der Waals surface area contributed by atoms with Crippen LogP contribution in [-0.4, -0.2) is 54.4 Å². The summed E-state index contributed by atoms with van der Waals surface area (Å²) in [6.45, 7) is 2.41. The summed E-state index contributed by atoms with van der Waals surface area (Å²) in [5, 5.41) is 0. The molecular weight excluding hydrogens is 287 g/mol. The summed E-state index contributed by atoms with van der Waals surface area (Å²) in [6.07, 6.45) is 4.42. The number of hydrogen-bond acceptors (Lipinski definition) is 4. The van der Waals surface area contributed by atoms with E-state index in [1.54, 1.807) is 17.3 Å². The van der Waals surface area contributed by atoms with Gasteiger partial charge in [-0.3, -0.25) is 14.2 Å². The van der Waals surface area contributed by atoms with Crippen LogP contribution in [0.25, 0.3) is 0 Å². The largest absolute Gasteiger partial charge is 0.376 e. The van der Waals surface area contributed by atoms with Gasteiger partial charge in [-0.1, -0.05) is 0 Å². The van der Waals surface area contributed by atoms with Crippen molar-refractivity contribution in [3.8, 4) is 0 Å². The number of alkyl halides is 1. The van der Waals surface area contributed by atoms with Crippen LogP contribution < -0.4 is 0 Å². The smallest absolute Gasteiger partial charge is 0.225 e. The van der Waals surface area contributed by atoms with Crippen LogP contribution in [0.15, 0.2) is 24.5 Å². The third kappa shape index (κ3) is 3.13. The minimum atomic E-state index is -0.596. The van der Waals surface area contributed by atoms with Crippen molar-refractivity contribution >= 4 is 5.91 Å². The molecule has 5 nitrogen and oxygen atoms in total. The number of likely N-dealkylation sites (tertiary alicyclic amines) is 1. The lowest BCUT2D eigenvalue weighted by Crippen LogP contribution is -2.66. The molecule has 2 saturated heterocycles. The summed E-state index contributed by atoms with van der Waals surface area (Å²) in [5.74, 6) is 0.170. The number of carbonyl (C=O) groups is 1. The molecule has 0 radical (unpaired) electrons. The average Bonchev–Trinajstić information content (AvgIpc) is 2.91. The topological polar surface area (TPSA) is 51.7 Å². The second-order valence-electron chi connectivity index (χ2n) is 5.96. The number of hydrogen-bond donors (Lipinski definition) is 0. The molecule has 120 valence electrons. The lowest BCUT2D eigenvalue weighted by molar-refractivity contribution is -0.169. The van der Waals surface area contributed by atoms with Gasteiger partial charge in [-0.25, -0.2) is 0 Å². The number of rotatable bonds is 6. The van der Waals surface area contributed by atoms with Gasteiger partial charge in [-0.15, -0.1) is 0 Å². The maximum atomic E-state index is 12.2. The molecule has 22 heavy (non-hydrogen) atoms. The molecule has 0 aromatic carbocycles. The third-order valence-electron chi connectivity index (χ3n) is 4.52. The van der Waals surface area contributed by atoms with Crippen LogP contribution in [0.4, 0.5) is 4.39 Å². The van der Waals surface area contributed by atoms with E-state index in [0.717, 1.165) is 12.0 Å². The average molecular weight is 308 g/mol. The Labute approximate surface area is 129 Å². The van der Waals surface area contributed by atoms with Crippen molar-refractivity contribution in [2.75, 3.05) is 33.0 Å². The number of amides is 1. The minimum Gasteiger partial charge on any atom is -0.376 e. The molecule has 0 aliphatic carbocycles. The first-order valence-electron chi connectivity index (χ1n) is 7.68. The van der Waals surface area contributed by atoms with Gasteiger partial charge in [0.2, 0.25) is 5.91 Å². The summed E-state index contributed by atoms with van der Waals surface area (Å²) < 4.78 is 23.9. The molecule has 2 fully saturated rings. The maximum Gasteiger partial charge on any atom is 0.225 e. The van der Waals surface area contributed by atoms with E-state index >= 15 is 0 Å². The van der Waals surface area contributed by atoms with Crippen LogP contribution in [0.2, 0.25) is 0 Å². The Morgan fingerprint density at radius 2 is 2.23 bits per heavy atom. The number of halogens is 1. The maximum absolute atomic E-state index is 12.2. The summed E-state index contributed by atoms with van der Waals surface area (Å²) in [7, 11) is 0. The molecule has 6 heteroatoms. The highest BCUT2D eigenvalue weighted by molar-refractivity contribution is 5.77. The van der Waals surface area contributed by atoms with E-state index in [1.165, 1.54) is 0 Å². The molecular formula is C16H21FN2O3. The number of nitrogens with zero attached hydrogens (tertiary/aromatic N) is 2. The quantitative estimate of drug-likeness (QED) is 0.800. The van der Waals surface area contributed by atoms with Crippen molar-refractivity contribution in [3.63, 3.8) is 0 Å². The Balaban J connectivity index is 1.47. The highest BCUT2D eigenvalue weighted by Gasteiger charge is 2.54. The lowest BCUT2D eigenvalue weighted by Gasteiger charge is -2.50. The molecule has 0 saturated carbocycles. The molecule has 3 heterocycles. The monoisotopic (exact) mass is 308 g/mol. The number of carbonyl (C=O) groups excluding carboxylic acids is 1. The van der Waals surface area contributed by atoms with Crippen LogP contribution in [-0.2, 0) is 20.9 Å². The van der Waals surface area contributed by atoms with Crippen LogP contribution in [0.3, 0.4) is 0 Å². The van der Waals surface area contributed by atoms with Gasteiger partial charge in [0.1, 0.15) is 5.60 Å². The van der Waals surface area contributed by atoms with Crippen LogP contribution in [0.1, 0.15) is 18.4 Å². The zero-order chi connectivity index (χ0) is 15.4. The second-order valence-corrected chi connectivity index (χ2v) is 5.96. The molecule has 1 amide bonds. The fourth-order valence-electron chi connectivity index (χ4n) is 3.18. The van der Waals surface area contributed by atoms with E-state index in [0.29, 0.717) is 38.8 Å². The SMILES string of the molecule is O=C(CCF)N1CC2(C1)OCC[C@H]2COCc1ccncc1. The van der Waals surface area contributed by atoms with Crippen molar-refractivity contribution in [2.24, 2.45) is 5.92 Å². The summed E-state index contributed by atoms with van der Waals surface area (Å²) in [4.78, 5) is 17.3. The highest BCUT2D eigenvalue weighted by atomic mass is 19.1. The zero-order valence-electron chi connectivity index (χ0n) is 12.5. The van der Waals surface area contributed by atoms with Crippen molar-refractivity contribution in [3.05, 3.63) is 30.1 Å². The minimum absolute atomic E-state index is 0.0285. The summed E-state index contributed by atoms with van der Waals surface area (Å²) >= 11 is 0. The zero-order valence-corrected chi connectivity index (χ0v) is 12.5. The van der Waals surface area contributed by atoms with Gasteiger partial charge in [0.05, 0.1) is 39.4 Å². The van der Waals surface area contributed by atoms with Gasteiger partial charge in [-0.05, 0) is 24.1 Å². The molecule has 1 aromatic heterocycles. The number of pyridine rings is 1. The first-order chi connectivity index (χ1) is 10.7. The lowest BCUT2D eigenvalue weighted by atomic mass is 9.81. The van der Waals surface area contributed by atoms with Crippen LogP contribution in [0.5, 0.6) is 0 Å². The number of aromatic nitrogens is 1. The molecule has 1 aromatic rings. The van der Waals surface area contributed by atoms with E-state index in [-0.39, 0.29) is 17.9 Å². The van der Waals surface area contributed by atoms with E-state index < -0.39 is 6.67 Å². The second kappa shape index (κ2) is 6.71. The molecule has 0 N–H and O–H groups in total. The molecule has 1 atom stereocenters. The van der Waals surface area contributed by atoms with Crippen molar-refractivity contribution in [1.82, 2.24) is 9.88 Å². The van der Waals surface area contributed by atoms with E-state index in [9.17, 15) is 9.18 Å². The van der Waals surface area contributed by atoms with Crippen molar-refractivity contribution in [1.29, 1.82) is 0 Å². The fourth-order valence-corrected chi connectivity index (χ4v) is 3.18. The van der Waals surface area contributed by atoms with Crippen LogP contribution in [0, 0.1) is 5.92 Å². The fraction of sp³-hybridized carbons (Fsp3) is 0.625. The molecule has 2 aliphatic heterocycles. The standard InChI is InChI=1S/C16H21FN2O3/c17-5-1-15(20)19-11-16(12-19)14(4-8-22-16)10-21-9-13-2-6-18-7-3-13/h2-3,6-7,14H,1,4-5,8-12H2/t14-/m0/s1. The van der Waals surface area contributed by atoms with Gasteiger partial charge in [0.25, 0.3) is 0 Å². The first kappa shape index (κ1) is 15.4. The van der Waals surface area contributed by atoms with Gasteiger partial charge in [0, 0.05) is 24.9 Å². The van der Waals surface area contributed by atoms with E-state index in [4.69, 9.17) is 9.47 Å². The van der Waals surface area contributed by atoms with Gasteiger partial charge >= 0.3 is 0 Å². The Morgan fingerprint density at radius 1 is 1.45 bits per heavy atom. The summed E-state index contributed by atoms with van der Waals surface area (Å²) in [6, 6.07) is 3.86. The predicted molar refractivity (Wildman–Crippen MR) is 77.9 cm³/mol. The number of ether oxygens (including phenoxy) is 2.